The fourth-order valence-electron chi connectivity index (χ4n) is 4.71. The number of piperazine rings is 1. The molecule has 7 nitrogen and oxygen atoms in total. The van der Waals surface area contributed by atoms with Crippen LogP contribution in [0.15, 0.2) is 53.5 Å². The lowest BCUT2D eigenvalue weighted by Crippen LogP contribution is -2.49. The van der Waals surface area contributed by atoms with Crippen molar-refractivity contribution in [2.45, 2.75) is 25.1 Å². The Labute approximate surface area is 209 Å². The van der Waals surface area contributed by atoms with Gasteiger partial charge >= 0.3 is 5.56 Å². The van der Waals surface area contributed by atoms with Crippen molar-refractivity contribution in [3.05, 3.63) is 81.8 Å². The van der Waals surface area contributed by atoms with Crippen LogP contribution in [0.25, 0.3) is 5.69 Å². The van der Waals surface area contributed by atoms with Crippen LogP contribution in [0.3, 0.4) is 0 Å². The lowest BCUT2D eigenvalue weighted by Gasteiger charge is -2.36. The van der Waals surface area contributed by atoms with Gasteiger partial charge in [0.05, 0.1) is 25.0 Å². The van der Waals surface area contributed by atoms with E-state index in [1.165, 1.54) is 6.20 Å². The summed E-state index contributed by atoms with van der Waals surface area (Å²) >= 11 is -1.12. The molecule has 0 radical (unpaired) electrons. The van der Waals surface area contributed by atoms with Crippen LogP contribution < -0.4 is 15.2 Å². The number of hydrogen-bond acceptors (Lipinski definition) is 6. The molecule has 2 aliphatic rings. The normalized spacial score (nSPS) is 21.2. The third kappa shape index (κ3) is 4.95. The molecule has 0 spiro atoms. The molecule has 0 amide bonds. The molecule has 3 unspecified atom stereocenters. The van der Waals surface area contributed by atoms with Crippen LogP contribution in [0.5, 0.6) is 5.75 Å². The maximum absolute atomic E-state index is 15.2. The summed E-state index contributed by atoms with van der Waals surface area (Å²) in [6.45, 7) is 1.87. The Kier molecular flexibility index (Phi) is 6.96. The van der Waals surface area contributed by atoms with Gasteiger partial charge in [-0.25, -0.2) is 13.2 Å². The minimum Gasteiger partial charge on any atom is -0.598 e. The van der Waals surface area contributed by atoms with E-state index in [2.05, 4.69) is 5.10 Å². The number of nitrogens with zero attached hydrogens (tertiary/aromatic N) is 4. The molecule has 0 N–H and O–H groups in total. The number of ether oxygens (including phenoxy) is 1. The first-order valence-corrected chi connectivity index (χ1v) is 13.1. The van der Waals surface area contributed by atoms with Crippen molar-refractivity contribution in [2.75, 3.05) is 37.3 Å². The van der Waals surface area contributed by atoms with Crippen LogP contribution >= 0.6 is 0 Å². The largest absolute Gasteiger partial charge is 0.598 e. The molecule has 1 aliphatic carbocycles. The standard InChI is InChI=1S/C25H25F3N4O3S/c1-36(34)31-8-6-30(7-9-31)22-15-29-32(20-13-18(26)12-19(27)14-20)25(33)24(22)35-23-11-17-5-3-2-4-16(17)10-21(23)28/h2-5,12-15,21,23H,6-11H2,1H3. The van der Waals surface area contributed by atoms with E-state index in [0.717, 1.165) is 27.9 Å². The van der Waals surface area contributed by atoms with Gasteiger partial charge in [0.25, 0.3) is 0 Å². The zero-order chi connectivity index (χ0) is 25.4. The summed E-state index contributed by atoms with van der Waals surface area (Å²) in [5.74, 6) is -1.85. The summed E-state index contributed by atoms with van der Waals surface area (Å²) in [6.07, 6.45) is 1.16. The van der Waals surface area contributed by atoms with Crippen molar-refractivity contribution >= 4 is 17.0 Å². The molecule has 0 saturated carbocycles. The second kappa shape index (κ2) is 10.2. The zero-order valence-electron chi connectivity index (χ0n) is 19.6. The monoisotopic (exact) mass is 518 g/mol. The summed E-state index contributed by atoms with van der Waals surface area (Å²) in [7, 11) is 0. The molecule has 3 atom stereocenters. The smallest absolute Gasteiger partial charge is 0.316 e. The predicted molar refractivity (Wildman–Crippen MR) is 131 cm³/mol. The summed E-state index contributed by atoms with van der Waals surface area (Å²) in [5, 5.41) is 4.15. The van der Waals surface area contributed by atoms with Gasteiger partial charge in [-0.05, 0) is 23.3 Å². The Bertz CT molecular complexity index is 1290. The van der Waals surface area contributed by atoms with E-state index in [0.29, 0.717) is 37.9 Å². The van der Waals surface area contributed by atoms with Crippen molar-refractivity contribution in [2.24, 2.45) is 0 Å². The van der Waals surface area contributed by atoms with Crippen LogP contribution in [0.4, 0.5) is 18.9 Å². The first-order chi connectivity index (χ1) is 17.3. The molecule has 1 saturated heterocycles. The number of benzene rings is 2. The van der Waals surface area contributed by atoms with Crippen LogP contribution in [0, 0.1) is 11.6 Å². The molecule has 190 valence electrons. The number of rotatable bonds is 5. The van der Waals surface area contributed by atoms with E-state index in [4.69, 9.17) is 4.74 Å². The molecular weight excluding hydrogens is 493 g/mol. The van der Waals surface area contributed by atoms with Crippen molar-refractivity contribution in [3.63, 3.8) is 0 Å². The maximum atomic E-state index is 15.2. The molecule has 36 heavy (non-hydrogen) atoms. The highest BCUT2D eigenvalue weighted by Gasteiger charge is 2.33. The minimum absolute atomic E-state index is 0.106. The van der Waals surface area contributed by atoms with E-state index < -0.39 is 40.8 Å². The Morgan fingerprint density at radius 1 is 1.03 bits per heavy atom. The molecule has 1 aromatic heterocycles. The zero-order valence-corrected chi connectivity index (χ0v) is 20.4. The second-order valence-electron chi connectivity index (χ2n) is 8.89. The van der Waals surface area contributed by atoms with Gasteiger partial charge in [-0.1, -0.05) is 24.3 Å². The number of halogens is 3. The molecule has 2 aromatic carbocycles. The van der Waals surface area contributed by atoms with E-state index in [-0.39, 0.29) is 24.3 Å². The Morgan fingerprint density at radius 2 is 1.67 bits per heavy atom. The fourth-order valence-corrected chi connectivity index (χ4v) is 5.38. The Balaban J connectivity index is 1.53. The highest BCUT2D eigenvalue weighted by molar-refractivity contribution is 7.88. The molecule has 1 fully saturated rings. The van der Waals surface area contributed by atoms with Crippen LogP contribution in [-0.4, -0.2) is 63.3 Å². The molecule has 0 bridgehead atoms. The number of aromatic nitrogens is 2. The number of hydrogen-bond donors (Lipinski definition) is 0. The van der Waals surface area contributed by atoms with Gasteiger partial charge in [-0.2, -0.15) is 9.78 Å². The van der Waals surface area contributed by atoms with E-state index in [1.807, 2.05) is 29.2 Å². The van der Waals surface area contributed by atoms with Gasteiger partial charge in [0.1, 0.15) is 35.9 Å². The number of fused-ring (bicyclic) bond motifs is 1. The summed E-state index contributed by atoms with van der Waals surface area (Å²) in [5.41, 5.74) is 1.35. The topological polar surface area (TPSA) is 73.7 Å². The molecule has 2 heterocycles. The first kappa shape index (κ1) is 24.7. The first-order valence-electron chi connectivity index (χ1n) is 11.6. The average Bonchev–Trinajstić information content (AvgIpc) is 2.85. The van der Waals surface area contributed by atoms with Crippen molar-refractivity contribution in [1.82, 2.24) is 14.1 Å². The van der Waals surface area contributed by atoms with Gasteiger partial charge in [-0.3, -0.25) is 4.79 Å². The lowest BCUT2D eigenvalue weighted by atomic mass is 9.88. The van der Waals surface area contributed by atoms with Crippen molar-refractivity contribution in [3.8, 4) is 11.4 Å². The molecule has 11 heteroatoms. The SMILES string of the molecule is C[S+]([O-])N1CCN(c2cnn(-c3cc(F)cc(F)c3)c(=O)c2OC2Cc3ccccc3CC2F)CC1. The van der Waals surface area contributed by atoms with Crippen LogP contribution in [-0.2, 0) is 24.2 Å². The third-order valence-electron chi connectivity index (χ3n) is 6.58. The maximum Gasteiger partial charge on any atom is 0.316 e. The number of anilines is 1. The van der Waals surface area contributed by atoms with Gasteiger partial charge in [0.15, 0.2) is 0 Å². The van der Waals surface area contributed by atoms with Gasteiger partial charge in [0, 0.05) is 43.4 Å². The summed E-state index contributed by atoms with van der Waals surface area (Å²) in [6, 6.07) is 10.2. The van der Waals surface area contributed by atoms with Gasteiger partial charge in [0.2, 0.25) is 5.75 Å². The highest BCUT2D eigenvalue weighted by atomic mass is 32.2. The van der Waals surface area contributed by atoms with E-state index >= 15 is 4.39 Å². The van der Waals surface area contributed by atoms with Gasteiger partial charge in [-0.15, -0.1) is 4.31 Å². The predicted octanol–water partition coefficient (Wildman–Crippen LogP) is 2.81. The molecular formula is C25H25F3N4O3S. The molecule has 5 rings (SSSR count). The van der Waals surface area contributed by atoms with Crippen LogP contribution in [0.2, 0.25) is 0 Å². The second-order valence-corrected chi connectivity index (χ2v) is 10.3. The van der Waals surface area contributed by atoms with Gasteiger partial charge < -0.3 is 14.2 Å². The Morgan fingerprint density at radius 3 is 2.31 bits per heavy atom. The quantitative estimate of drug-likeness (QED) is 0.484. The summed E-state index contributed by atoms with van der Waals surface area (Å²) < 4.78 is 63.5. The highest BCUT2D eigenvalue weighted by Crippen LogP contribution is 2.31. The van der Waals surface area contributed by atoms with E-state index in [9.17, 15) is 18.1 Å². The minimum atomic E-state index is -1.35. The average molecular weight is 519 g/mol. The third-order valence-corrected chi connectivity index (χ3v) is 7.67. The van der Waals surface area contributed by atoms with Crippen molar-refractivity contribution in [1.29, 1.82) is 0 Å². The Hall–Kier alpha value is -3.02. The summed E-state index contributed by atoms with van der Waals surface area (Å²) in [4.78, 5) is 15.4. The van der Waals surface area contributed by atoms with Crippen molar-refractivity contribution < 1.29 is 22.5 Å². The fraction of sp³-hybridized carbons (Fsp3) is 0.360. The lowest BCUT2D eigenvalue weighted by molar-refractivity contribution is 0.0901. The molecule has 3 aromatic rings. The van der Waals surface area contributed by atoms with E-state index in [1.54, 1.807) is 10.6 Å². The van der Waals surface area contributed by atoms with Crippen LogP contribution in [0.1, 0.15) is 11.1 Å². The number of alkyl halides is 1. The molecule has 1 aliphatic heterocycles.